The summed E-state index contributed by atoms with van der Waals surface area (Å²) in [6.45, 7) is 5.65. The molecule has 0 aromatic heterocycles. The Balaban J connectivity index is 3.81. The highest BCUT2D eigenvalue weighted by molar-refractivity contribution is 8.00. The van der Waals surface area contributed by atoms with Gasteiger partial charge in [0.2, 0.25) is 0 Å². The normalized spacial score (nSPS) is 12.0. The summed E-state index contributed by atoms with van der Waals surface area (Å²) in [5.74, 6) is 5.97. The molecule has 1 N–H and O–H groups in total. The van der Waals surface area contributed by atoms with Gasteiger partial charge in [0.05, 0.1) is 0 Å². The lowest BCUT2D eigenvalue weighted by molar-refractivity contribution is -0.137. The number of carboxylic acid groups (broad SMARTS) is 1. The minimum absolute atomic E-state index is 0.178. The van der Waals surface area contributed by atoms with Crippen molar-refractivity contribution in [3.63, 3.8) is 0 Å². The van der Waals surface area contributed by atoms with E-state index in [-0.39, 0.29) is 11.2 Å². The molecule has 0 heterocycles. The van der Waals surface area contributed by atoms with E-state index in [9.17, 15) is 4.79 Å². The zero-order chi connectivity index (χ0) is 10.3. The molecule has 0 rings (SSSR count). The van der Waals surface area contributed by atoms with Crippen LogP contribution in [0.2, 0.25) is 0 Å². The molecule has 0 bridgehead atoms. The summed E-state index contributed by atoms with van der Waals surface area (Å²) in [7, 11) is 0. The molecule has 2 nitrogen and oxygen atoms in total. The van der Waals surface area contributed by atoms with Crippen LogP contribution in [0, 0.1) is 17.8 Å². The van der Waals surface area contributed by atoms with E-state index in [0.717, 1.165) is 12.2 Å². The average molecular weight is 200 g/mol. The SMILES string of the molecule is CC#CCCSC(C(=O)O)C(C)C. The van der Waals surface area contributed by atoms with Gasteiger partial charge in [0.1, 0.15) is 5.25 Å². The van der Waals surface area contributed by atoms with Gasteiger partial charge in [-0.15, -0.1) is 23.6 Å². The zero-order valence-electron chi connectivity index (χ0n) is 8.33. The first kappa shape index (κ1) is 12.4. The lowest BCUT2D eigenvalue weighted by Crippen LogP contribution is -2.22. The van der Waals surface area contributed by atoms with E-state index in [1.165, 1.54) is 11.8 Å². The standard InChI is InChI=1S/C10H16O2S/c1-4-5-6-7-13-9(8(2)3)10(11)12/h8-9H,6-7H2,1-3H3,(H,11,12). The van der Waals surface area contributed by atoms with Crippen LogP contribution in [-0.2, 0) is 4.79 Å². The summed E-state index contributed by atoms with van der Waals surface area (Å²) in [5, 5.41) is 8.55. The smallest absolute Gasteiger partial charge is 0.316 e. The van der Waals surface area contributed by atoms with Gasteiger partial charge < -0.3 is 5.11 Å². The van der Waals surface area contributed by atoms with Crippen LogP contribution in [-0.4, -0.2) is 22.1 Å². The van der Waals surface area contributed by atoms with E-state index in [2.05, 4.69) is 11.8 Å². The summed E-state index contributed by atoms with van der Waals surface area (Å²) in [5.41, 5.74) is 0. The van der Waals surface area contributed by atoms with Crippen molar-refractivity contribution >= 4 is 17.7 Å². The first-order valence-electron chi connectivity index (χ1n) is 4.33. The Morgan fingerprint density at radius 3 is 2.54 bits per heavy atom. The van der Waals surface area contributed by atoms with Crippen LogP contribution >= 0.6 is 11.8 Å². The van der Waals surface area contributed by atoms with Crippen molar-refractivity contribution in [3.8, 4) is 11.8 Å². The number of hydrogen-bond acceptors (Lipinski definition) is 2. The monoisotopic (exact) mass is 200 g/mol. The van der Waals surface area contributed by atoms with Gasteiger partial charge in [-0.3, -0.25) is 4.79 Å². The Morgan fingerprint density at radius 2 is 2.15 bits per heavy atom. The number of carbonyl (C=O) groups is 1. The van der Waals surface area contributed by atoms with Crippen molar-refractivity contribution in [1.82, 2.24) is 0 Å². The third kappa shape index (κ3) is 5.59. The van der Waals surface area contributed by atoms with Gasteiger partial charge in [-0.1, -0.05) is 13.8 Å². The summed E-state index contributed by atoms with van der Waals surface area (Å²) < 4.78 is 0. The minimum Gasteiger partial charge on any atom is -0.480 e. The van der Waals surface area contributed by atoms with Crippen LogP contribution in [0.25, 0.3) is 0 Å². The molecule has 0 aliphatic carbocycles. The van der Waals surface area contributed by atoms with Gasteiger partial charge in [0, 0.05) is 12.2 Å². The summed E-state index contributed by atoms with van der Waals surface area (Å²) in [6.07, 6.45) is 0.775. The fraction of sp³-hybridized carbons (Fsp3) is 0.700. The number of hydrogen-bond donors (Lipinski definition) is 1. The van der Waals surface area contributed by atoms with Gasteiger partial charge in [0.25, 0.3) is 0 Å². The molecule has 0 spiro atoms. The highest BCUT2D eigenvalue weighted by atomic mass is 32.2. The summed E-state index contributed by atoms with van der Waals surface area (Å²) in [4.78, 5) is 10.7. The van der Waals surface area contributed by atoms with Crippen LogP contribution in [0.1, 0.15) is 27.2 Å². The van der Waals surface area contributed by atoms with Crippen LogP contribution < -0.4 is 0 Å². The number of aliphatic carboxylic acids is 1. The highest BCUT2D eigenvalue weighted by Gasteiger charge is 2.20. The fourth-order valence-electron chi connectivity index (χ4n) is 0.911. The largest absolute Gasteiger partial charge is 0.480 e. The molecule has 0 aliphatic rings. The Hall–Kier alpha value is -0.620. The van der Waals surface area contributed by atoms with Crippen molar-refractivity contribution in [2.45, 2.75) is 32.4 Å². The molecule has 1 atom stereocenters. The molecule has 13 heavy (non-hydrogen) atoms. The maximum atomic E-state index is 10.7. The molecule has 0 fully saturated rings. The third-order valence-electron chi connectivity index (χ3n) is 1.55. The van der Waals surface area contributed by atoms with Crippen molar-refractivity contribution in [3.05, 3.63) is 0 Å². The predicted molar refractivity (Wildman–Crippen MR) is 56.8 cm³/mol. The van der Waals surface area contributed by atoms with Gasteiger partial charge >= 0.3 is 5.97 Å². The van der Waals surface area contributed by atoms with Crippen LogP contribution in [0.3, 0.4) is 0 Å². The second-order valence-corrected chi connectivity index (χ2v) is 4.30. The molecule has 0 aromatic carbocycles. The molecule has 1 unspecified atom stereocenters. The van der Waals surface area contributed by atoms with E-state index in [0.29, 0.717) is 0 Å². The van der Waals surface area contributed by atoms with Gasteiger partial charge in [-0.2, -0.15) is 0 Å². The molecule has 0 amide bonds. The Kier molecular flexibility index (Phi) is 6.52. The van der Waals surface area contributed by atoms with Crippen LogP contribution in [0.15, 0.2) is 0 Å². The Bertz CT molecular complexity index is 213. The van der Waals surface area contributed by atoms with E-state index < -0.39 is 5.97 Å². The molecule has 0 saturated carbocycles. The predicted octanol–water partition coefficient (Wildman–Crippen LogP) is 2.24. The van der Waals surface area contributed by atoms with Crippen LogP contribution in [0.5, 0.6) is 0 Å². The molecule has 0 aromatic rings. The van der Waals surface area contributed by atoms with E-state index in [4.69, 9.17) is 5.11 Å². The zero-order valence-corrected chi connectivity index (χ0v) is 9.15. The number of rotatable bonds is 5. The second-order valence-electron chi connectivity index (χ2n) is 3.05. The van der Waals surface area contributed by atoms with E-state index >= 15 is 0 Å². The lowest BCUT2D eigenvalue weighted by Gasteiger charge is -2.14. The summed E-state index contributed by atoms with van der Waals surface area (Å²) in [6, 6.07) is 0. The lowest BCUT2D eigenvalue weighted by atomic mass is 10.1. The van der Waals surface area contributed by atoms with Gasteiger partial charge in [-0.25, -0.2) is 0 Å². The molecule has 0 radical (unpaired) electrons. The molecular weight excluding hydrogens is 184 g/mol. The Morgan fingerprint density at radius 1 is 1.54 bits per heavy atom. The maximum absolute atomic E-state index is 10.7. The average Bonchev–Trinajstić information content (AvgIpc) is 2.02. The van der Waals surface area contributed by atoms with Crippen molar-refractivity contribution in [2.75, 3.05) is 5.75 Å². The number of thioether (sulfide) groups is 1. The maximum Gasteiger partial charge on any atom is 0.316 e. The second kappa shape index (κ2) is 6.85. The van der Waals surface area contributed by atoms with Crippen molar-refractivity contribution < 1.29 is 9.90 Å². The third-order valence-corrected chi connectivity index (χ3v) is 3.10. The molecule has 74 valence electrons. The molecular formula is C10H16O2S. The minimum atomic E-state index is -0.718. The molecule has 3 heteroatoms. The molecule has 0 saturated heterocycles. The van der Waals surface area contributed by atoms with Gasteiger partial charge in [0.15, 0.2) is 0 Å². The topological polar surface area (TPSA) is 37.3 Å². The van der Waals surface area contributed by atoms with Crippen LogP contribution in [0.4, 0.5) is 0 Å². The van der Waals surface area contributed by atoms with Gasteiger partial charge in [-0.05, 0) is 12.8 Å². The van der Waals surface area contributed by atoms with Crippen molar-refractivity contribution in [1.29, 1.82) is 0 Å². The first-order chi connectivity index (χ1) is 6.09. The summed E-state index contributed by atoms with van der Waals surface area (Å²) >= 11 is 1.48. The highest BCUT2D eigenvalue weighted by Crippen LogP contribution is 2.20. The number of carboxylic acids is 1. The first-order valence-corrected chi connectivity index (χ1v) is 5.38. The quantitative estimate of drug-likeness (QED) is 0.546. The molecule has 0 aliphatic heterocycles. The van der Waals surface area contributed by atoms with Crippen molar-refractivity contribution in [2.24, 2.45) is 5.92 Å². The van der Waals surface area contributed by atoms with E-state index in [1.807, 2.05) is 13.8 Å². The van der Waals surface area contributed by atoms with E-state index in [1.54, 1.807) is 6.92 Å². The fourth-order valence-corrected chi connectivity index (χ4v) is 1.91. The Labute approximate surface area is 84.1 Å².